The molecule has 1 aliphatic heterocycles. The summed E-state index contributed by atoms with van der Waals surface area (Å²) in [6, 6.07) is 1.07. The molecule has 0 saturated carbocycles. The van der Waals surface area contributed by atoms with E-state index in [2.05, 4.69) is 10.3 Å². The highest BCUT2D eigenvalue weighted by molar-refractivity contribution is 5.27. The van der Waals surface area contributed by atoms with Crippen LogP contribution in [0, 0.1) is 0 Å². The summed E-state index contributed by atoms with van der Waals surface area (Å²) in [4.78, 5) is 6.43. The standard InChI is InChI=1S/C10H17N3O2/c1-11-5-8-6-15-10(12-8)13(2)9-3-4-14-7-9/h6,9,11H,3-5,7H2,1-2H3. The third-order valence-corrected chi connectivity index (χ3v) is 2.65. The van der Waals surface area contributed by atoms with Gasteiger partial charge in [-0.2, -0.15) is 4.98 Å². The molecule has 1 saturated heterocycles. The summed E-state index contributed by atoms with van der Waals surface area (Å²) in [6.45, 7) is 2.33. The number of likely N-dealkylation sites (N-methyl/N-ethyl adjacent to an activating group) is 1. The molecule has 0 aromatic carbocycles. The van der Waals surface area contributed by atoms with Crippen LogP contribution in [0.3, 0.4) is 0 Å². The van der Waals surface area contributed by atoms with Crippen LogP contribution < -0.4 is 10.2 Å². The van der Waals surface area contributed by atoms with Gasteiger partial charge in [-0.15, -0.1) is 0 Å². The van der Waals surface area contributed by atoms with Crippen LogP contribution >= 0.6 is 0 Å². The van der Waals surface area contributed by atoms with Gasteiger partial charge in [0.15, 0.2) is 0 Å². The summed E-state index contributed by atoms with van der Waals surface area (Å²) in [7, 11) is 3.89. The number of oxazole rings is 1. The number of aromatic nitrogens is 1. The summed E-state index contributed by atoms with van der Waals surface area (Å²) in [6.07, 6.45) is 2.73. The van der Waals surface area contributed by atoms with Crippen molar-refractivity contribution in [3.63, 3.8) is 0 Å². The van der Waals surface area contributed by atoms with E-state index in [1.54, 1.807) is 6.26 Å². The molecule has 1 fully saturated rings. The molecule has 0 aliphatic carbocycles. The fraction of sp³-hybridized carbons (Fsp3) is 0.700. The first-order valence-electron chi connectivity index (χ1n) is 5.21. The highest BCUT2D eigenvalue weighted by atomic mass is 16.5. The van der Waals surface area contributed by atoms with Gasteiger partial charge in [-0.25, -0.2) is 0 Å². The number of hydrogen-bond donors (Lipinski definition) is 1. The highest BCUT2D eigenvalue weighted by Gasteiger charge is 2.23. The fourth-order valence-electron chi connectivity index (χ4n) is 1.70. The van der Waals surface area contributed by atoms with E-state index in [4.69, 9.17) is 9.15 Å². The van der Waals surface area contributed by atoms with Crippen LogP contribution in [-0.4, -0.2) is 38.3 Å². The molecule has 0 spiro atoms. The molecule has 1 unspecified atom stereocenters. The van der Waals surface area contributed by atoms with Gasteiger partial charge in [0, 0.05) is 20.2 Å². The van der Waals surface area contributed by atoms with Crippen molar-refractivity contribution in [3.8, 4) is 0 Å². The van der Waals surface area contributed by atoms with Gasteiger partial charge in [0.25, 0.3) is 6.01 Å². The topological polar surface area (TPSA) is 50.5 Å². The molecule has 1 aromatic rings. The van der Waals surface area contributed by atoms with Crippen molar-refractivity contribution in [2.75, 3.05) is 32.2 Å². The Kier molecular flexibility index (Phi) is 3.23. The average Bonchev–Trinajstić information content (AvgIpc) is 2.87. The van der Waals surface area contributed by atoms with E-state index in [9.17, 15) is 0 Å². The zero-order valence-electron chi connectivity index (χ0n) is 9.19. The van der Waals surface area contributed by atoms with Crippen LogP contribution in [0.5, 0.6) is 0 Å². The van der Waals surface area contributed by atoms with Crippen molar-refractivity contribution in [1.82, 2.24) is 10.3 Å². The summed E-state index contributed by atoms with van der Waals surface area (Å²) in [5, 5.41) is 3.04. The first-order chi connectivity index (χ1) is 7.31. The quantitative estimate of drug-likeness (QED) is 0.791. The van der Waals surface area contributed by atoms with Gasteiger partial charge in [0.2, 0.25) is 0 Å². The molecular formula is C10H17N3O2. The molecule has 1 atom stereocenters. The van der Waals surface area contributed by atoms with Gasteiger partial charge >= 0.3 is 0 Å². The molecule has 1 aliphatic rings. The van der Waals surface area contributed by atoms with Gasteiger partial charge in [-0.1, -0.05) is 0 Å². The molecule has 5 heteroatoms. The molecule has 84 valence electrons. The van der Waals surface area contributed by atoms with Crippen LogP contribution in [0.25, 0.3) is 0 Å². The van der Waals surface area contributed by atoms with Gasteiger partial charge in [-0.3, -0.25) is 0 Å². The molecule has 0 amide bonds. The third kappa shape index (κ3) is 2.30. The van der Waals surface area contributed by atoms with E-state index in [1.807, 2.05) is 19.0 Å². The van der Waals surface area contributed by atoms with Crippen LogP contribution in [0.4, 0.5) is 6.01 Å². The Morgan fingerprint density at radius 2 is 2.53 bits per heavy atom. The summed E-state index contributed by atoms with van der Waals surface area (Å²) in [5.41, 5.74) is 0.929. The summed E-state index contributed by atoms with van der Waals surface area (Å²) >= 11 is 0. The smallest absolute Gasteiger partial charge is 0.297 e. The Balaban J connectivity index is 2.00. The molecule has 0 radical (unpaired) electrons. The van der Waals surface area contributed by atoms with Crippen molar-refractivity contribution in [1.29, 1.82) is 0 Å². The maximum atomic E-state index is 5.41. The number of anilines is 1. The van der Waals surface area contributed by atoms with Crippen LogP contribution in [0.1, 0.15) is 12.1 Å². The van der Waals surface area contributed by atoms with E-state index >= 15 is 0 Å². The van der Waals surface area contributed by atoms with Crippen molar-refractivity contribution < 1.29 is 9.15 Å². The Morgan fingerprint density at radius 3 is 3.20 bits per heavy atom. The third-order valence-electron chi connectivity index (χ3n) is 2.65. The number of nitrogens with one attached hydrogen (secondary N) is 1. The minimum absolute atomic E-state index is 0.395. The highest BCUT2D eigenvalue weighted by Crippen LogP contribution is 2.19. The van der Waals surface area contributed by atoms with E-state index in [0.717, 1.165) is 31.9 Å². The normalized spacial score (nSPS) is 20.8. The van der Waals surface area contributed by atoms with E-state index in [0.29, 0.717) is 12.1 Å². The average molecular weight is 211 g/mol. The molecule has 0 bridgehead atoms. The SMILES string of the molecule is CNCc1coc(N(C)C2CCOC2)n1. The predicted molar refractivity (Wildman–Crippen MR) is 56.9 cm³/mol. The number of hydrogen-bond acceptors (Lipinski definition) is 5. The largest absolute Gasteiger partial charge is 0.432 e. The predicted octanol–water partition coefficient (Wildman–Crippen LogP) is 0.619. The molecular weight excluding hydrogens is 194 g/mol. The zero-order chi connectivity index (χ0) is 10.7. The number of ether oxygens (including phenoxy) is 1. The minimum Gasteiger partial charge on any atom is -0.432 e. The lowest BCUT2D eigenvalue weighted by Crippen LogP contribution is -2.32. The minimum atomic E-state index is 0.395. The zero-order valence-corrected chi connectivity index (χ0v) is 9.19. The van der Waals surface area contributed by atoms with Crippen molar-refractivity contribution >= 4 is 6.01 Å². The van der Waals surface area contributed by atoms with E-state index < -0.39 is 0 Å². The van der Waals surface area contributed by atoms with Crippen molar-refractivity contribution in [2.45, 2.75) is 19.0 Å². The monoisotopic (exact) mass is 211 g/mol. The molecule has 1 aromatic heterocycles. The molecule has 1 N–H and O–H groups in total. The fourth-order valence-corrected chi connectivity index (χ4v) is 1.70. The Morgan fingerprint density at radius 1 is 1.67 bits per heavy atom. The summed E-state index contributed by atoms with van der Waals surface area (Å²) < 4.78 is 10.7. The van der Waals surface area contributed by atoms with Gasteiger partial charge in [0.1, 0.15) is 6.26 Å². The molecule has 15 heavy (non-hydrogen) atoms. The molecule has 2 rings (SSSR count). The second kappa shape index (κ2) is 4.63. The van der Waals surface area contributed by atoms with Crippen molar-refractivity contribution in [3.05, 3.63) is 12.0 Å². The molecule has 5 nitrogen and oxygen atoms in total. The van der Waals surface area contributed by atoms with Crippen molar-refractivity contribution in [2.24, 2.45) is 0 Å². The van der Waals surface area contributed by atoms with E-state index in [-0.39, 0.29) is 0 Å². The van der Waals surface area contributed by atoms with Crippen LogP contribution in [0.15, 0.2) is 10.7 Å². The van der Waals surface area contributed by atoms with E-state index in [1.165, 1.54) is 0 Å². The van der Waals surface area contributed by atoms with Crippen LogP contribution in [-0.2, 0) is 11.3 Å². The first kappa shape index (κ1) is 10.4. The Bertz CT molecular complexity index is 307. The maximum absolute atomic E-state index is 5.41. The summed E-state index contributed by atoms with van der Waals surface area (Å²) in [5.74, 6) is 0. The maximum Gasteiger partial charge on any atom is 0.297 e. The number of rotatable bonds is 4. The Labute approximate surface area is 89.4 Å². The number of nitrogens with zero attached hydrogens (tertiary/aromatic N) is 2. The first-order valence-corrected chi connectivity index (χ1v) is 5.21. The Hall–Kier alpha value is -1.07. The lowest BCUT2D eigenvalue weighted by atomic mass is 10.2. The van der Waals surface area contributed by atoms with Crippen LogP contribution in [0.2, 0.25) is 0 Å². The lowest BCUT2D eigenvalue weighted by Gasteiger charge is -2.20. The van der Waals surface area contributed by atoms with Gasteiger partial charge in [-0.05, 0) is 13.5 Å². The second-order valence-electron chi connectivity index (χ2n) is 3.78. The molecule has 2 heterocycles. The lowest BCUT2D eigenvalue weighted by molar-refractivity contribution is 0.193. The van der Waals surface area contributed by atoms with Gasteiger partial charge in [0.05, 0.1) is 18.3 Å². The van der Waals surface area contributed by atoms with Gasteiger partial charge < -0.3 is 19.4 Å². The second-order valence-corrected chi connectivity index (χ2v) is 3.78.